The third kappa shape index (κ3) is 5.71. The van der Waals surface area contributed by atoms with Crippen LogP contribution in [0.3, 0.4) is 0 Å². The number of nitrogens with one attached hydrogen (secondary N) is 1. The van der Waals surface area contributed by atoms with E-state index in [0.717, 1.165) is 5.56 Å². The summed E-state index contributed by atoms with van der Waals surface area (Å²) in [5.74, 6) is -1.18. The number of aryl methyl sites for hydroxylation is 1. The fourth-order valence-electron chi connectivity index (χ4n) is 2.31. The van der Waals surface area contributed by atoms with E-state index >= 15 is 0 Å². The number of benzene rings is 2. The van der Waals surface area contributed by atoms with E-state index in [0.29, 0.717) is 16.3 Å². The van der Waals surface area contributed by atoms with E-state index < -0.39 is 19.3 Å². The molecule has 0 aromatic heterocycles. The van der Waals surface area contributed by atoms with E-state index in [9.17, 15) is 9.36 Å². The molecule has 2 aromatic carbocycles. The lowest BCUT2D eigenvalue weighted by atomic mass is 10.1. The number of hydrogen-bond acceptors (Lipinski definition) is 5. The fraction of sp³-hybridized carbons (Fsp3) is 0.278. The molecule has 9 heteroatoms. The number of carbonyl (C=O) groups is 1. The monoisotopic (exact) mass is 431 g/mol. The van der Waals surface area contributed by atoms with Crippen molar-refractivity contribution in [3.8, 4) is 5.75 Å². The number of ether oxygens (including phenoxy) is 1. The van der Waals surface area contributed by atoms with Crippen LogP contribution in [0.1, 0.15) is 16.9 Å². The summed E-state index contributed by atoms with van der Waals surface area (Å²) in [6.45, 7) is 1.59. The Morgan fingerprint density at radius 2 is 1.74 bits per heavy atom. The normalized spacial score (nSPS) is 12.5. The molecule has 0 saturated heterocycles. The lowest BCUT2D eigenvalue weighted by Gasteiger charge is -2.25. The van der Waals surface area contributed by atoms with Gasteiger partial charge in [-0.3, -0.25) is 9.36 Å². The quantitative estimate of drug-likeness (QED) is 0.596. The van der Waals surface area contributed by atoms with Crippen LogP contribution in [0.2, 0.25) is 10.0 Å². The molecule has 2 rings (SSSR count). The molecule has 2 aromatic rings. The Morgan fingerprint density at radius 1 is 1.11 bits per heavy atom. The highest BCUT2D eigenvalue weighted by molar-refractivity contribution is 7.54. The zero-order valence-corrected chi connectivity index (χ0v) is 17.5. The van der Waals surface area contributed by atoms with E-state index in [1.165, 1.54) is 20.3 Å². The van der Waals surface area contributed by atoms with Crippen LogP contribution in [-0.4, -0.2) is 26.7 Å². The summed E-state index contributed by atoms with van der Waals surface area (Å²) >= 11 is 11.9. The Labute approximate surface area is 168 Å². The molecule has 0 aliphatic rings. The topological polar surface area (TPSA) is 73.9 Å². The van der Waals surface area contributed by atoms with Crippen molar-refractivity contribution in [2.24, 2.45) is 0 Å². The van der Waals surface area contributed by atoms with Gasteiger partial charge in [-0.2, -0.15) is 0 Å². The number of carbonyl (C=O) groups excluding carboxylic acids is 1. The van der Waals surface area contributed by atoms with Gasteiger partial charge >= 0.3 is 7.60 Å². The van der Waals surface area contributed by atoms with Gasteiger partial charge in [0.15, 0.2) is 12.4 Å². The van der Waals surface area contributed by atoms with Crippen LogP contribution in [0.25, 0.3) is 0 Å². The molecule has 0 fully saturated rings. The van der Waals surface area contributed by atoms with Gasteiger partial charge in [0.2, 0.25) is 0 Å². The van der Waals surface area contributed by atoms with Gasteiger partial charge < -0.3 is 19.1 Å². The van der Waals surface area contributed by atoms with Gasteiger partial charge in [-0.1, -0.05) is 53.0 Å². The van der Waals surface area contributed by atoms with E-state index in [1.54, 1.807) is 24.3 Å². The lowest BCUT2D eigenvalue weighted by molar-refractivity contribution is -0.123. The van der Waals surface area contributed by atoms with Gasteiger partial charge in [-0.05, 0) is 30.7 Å². The highest BCUT2D eigenvalue weighted by Gasteiger charge is 2.36. The van der Waals surface area contributed by atoms with Crippen molar-refractivity contribution in [2.75, 3.05) is 20.8 Å². The first-order chi connectivity index (χ1) is 12.8. The van der Waals surface area contributed by atoms with Crippen molar-refractivity contribution in [3.63, 3.8) is 0 Å². The van der Waals surface area contributed by atoms with Gasteiger partial charge in [-0.15, -0.1) is 0 Å². The summed E-state index contributed by atoms with van der Waals surface area (Å²) in [6, 6.07) is 11.9. The molecule has 0 spiro atoms. The molecule has 1 atom stereocenters. The molecule has 1 amide bonds. The first kappa shape index (κ1) is 21.7. The average Bonchev–Trinajstić information content (AvgIpc) is 2.65. The molecule has 1 unspecified atom stereocenters. The summed E-state index contributed by atoms with van der Waals surface area (Å²) in [7, 11) is -1.09. The molecule has 0 radical (unpaired) electrons. The Bertz CT molecular complexity index is 836. The zero-order valence-electron chi connectivity index (χ0n) is 15.1. The maximum absolute atomic E-state index is 12.9. The second kappa shape index (κ2) is 9.58. The van der Waals surface area contributed by atoms with Crippen molar-refractivity contribution in [1.82, 2.24) is 5.32 Å². The second-order valence-electron chi connectivity index (χ2n) is 5.65. The summed E-state index contributed by atoms with van der Waals surface area (Å²) in [6.07, 6.45) is 0. The van der Waals surface area contributed by atoms with Crippen LogP contribution in [0.4, 0.5) is 0 Å². The first-order valence-corrected chi connectivity index (χ1v) is 10.3. The summed E-state index contributed by atoms with van der Waals surface area (Å²) < 4.78 is 28.5. The van der Waals surface area contributed by atoms with Gasteiger partial charge in [0.05, 0.1) is 5.02 Å². The van der Waals surface area contributed by atoms with Gasteiger partial charge in [0, 0.05) is 19.2 Å². The molecule has 1 N–H and O–H groups in total. The van der Waals surface area contributed by atoms with Crippen molar-refractivity contribution >= 4 is 36.7 Å². The second-order valence-corrected chi connectivity index (χ2v) is 8.82. The van der Waals surface area contributed by atoms with E-state index in [2.05, 4.69) is 5.32 Å². The predicted molar refractivity (Wildman–Crippen MR) is 106 cm³/mol. The van der Waals surface area contributed by atoms with Crippen LogP contribution >= 0.6 is 30.8 Å². The third-order valence-corrected chi connectivity index (χ3v) is 6.38. The lowest BCUT2D eigenvalue weighted by Crippen LogP contribution is -2.33. The Balaban J connectivity index is 2.15. The molecule has 27 heavy (non-hydrogen) atoms. The van der Waals surface area contributed by atoms with E-state index in [4.69, 9.17) is 37.0 Å². The Hall–Kier alpha value is -1.56. The summed E-state index contributed by atoms with van der Waals surface area (Å²) in [4.78, 5) is 12.4. The highest BCUT2D eigenvalue weighted by Crippen LogP contribution is 2.58. The molecule has 146 valence electrons. The smallest absolute Gasteiger partial charge is 0.356 e. The van der Waals surface area contributed by atoms with E-state index in [1.807, 2.05) is 19.1 Å². The molecule has 0 bridgehead atoms. The first-order valence-electron chi connectivity index (χ1n) is 7.94. The molecule has 0 aliphatic carbocycles. The largest absolute Gasteiger partial charge is 0.482 e. The molecule has 0 heterocycles. The van der Waals surface area contributed by atoms with Crippen molar-refractivity contribution < 1.29 is 23.1 Å². The predicted octanol–water partition coefficient (Wildman–Crippen LogP) is 4.98. The number of hydrogen-bond donors (Lipinski definition) is 1. The fourth-order valence-corrected chi connectivity index (χ4v) is 4.18. The SMILES string of the molecule is COP(=O)(OC)C(NC(=O)COc1ccc(Cl)cc1Cl)c1ccc(C)cc1. The summed E-state index contributed by atoms with van der Waals surface area (Å²) in [5.41, 5.74) is 1.61. The number of halogens is 2. The molecule has 6 nitrogen and oxygen atoms in total. The Kier molecular flexibility index (Phi) is 7.71. The number of amides is 1. The van der Waals surface area contributed by atoms with Gasteiger partial charge in [-0.25, -0.2) is 0 Å². The highest BCUT2D eigenvalue weighted by atomic mass is 35.5. The molecule has 0 aliphatic heterocycles. The maximum atomic E-state index is 12.9. The minimum absolute atomic E-state index is 0.282. The zero-order chi connectivity index (χ0) is 20.0. The minimum Gasteiger partial charge on any atom is -0.482 e. The van der Waals surface area contributed by atoms with Crippen LogP contribution in [0.5, 0.6) is 5.75 Å². The summed E-state index contributed by atoms with van der Waals surface area (Å²) in [5, 5.41) is 3.39. The van der Waals surface area contributed by atoms with E-state index in [-0.39, 0.29) is 11.6 Å². The number of rotatable bonds is 8. The average molecular weight is 432 g/mol. The van der Waals surface area contributed by atoms with Crippen molar-refractivity contribution in [1.29, 1.82) is 0 Å². The molecular formula is C18H20Cl2NO5P. The standard InChI is InChI=1S/C18H20Cl2NO5P/c1-12-4-6-13(7-5-12)18(27(23,24-2)25-3)21-17(22)11-26-16-9-8-14(19)10-15(16)20/h4-10,18H,11H2,1-3H3,(H,21,22). The van der Waals surface area contributed by atoms with Crippen molar-refractivity contribution in [2.45, 2.75) is 12.7 Å². The van der Waals surface area contributed by atoms with Gasteiger partial charge in [0.1, 0.15) is 5.75 Å². The van der Waals surface area contributed by atoms with Crippen molar-refractivity contribution in [3.05, 3.63) is 63.6 Å². The third-order valence-electron chi connectivity index (χ3n) is 3.77. The van der Waals surface area contributed by atoms with Crippen LogP contribution in [0, 0.1) is 6.92 Å². The maximum Gasteiger partial charge on any atom is 0.356 e. The minimum atomic E-state index is -3.62. The van der Waals surface area contributed by atoms with Crippen LogP contribution in [0.15, 0.2) is 42.5 Å². The molecular weight excluding hydrogens is 412 g/mol. The van der Waals surface area contributed by atoms with Crippen LogP contribution in [-0.2, 0) is 18.4 Å². The molecule has 0 saturated carbocycles. The van der Waals surface area contributed by atoms with Gasteiger partial charge in [0.25, 0.3) is 5.91 Å². The van der Waals surface area contributed by atoms with Crippen LogP contribution < -0.4 is 10.1 Å². The Morgan fingerprint density at radius 3 is 2.30 bits per heavy atom.